The number of hydrogen-bond donors (Lipinski definition) is 1. The van der Waals surface area contributed by atoms with E-state index in [4.69, 9.17) is 23.2 Å². The van der Waals surface area contributed by atoms with E-state index in [0.29, 0.717) is 11.1 Å². The average molecular weight is 415 g/mol. The van der Waals surface area contributed by atoms with Crippen molar-refractivity contribution >= 4 is 41.2 Å². The van der Waals surface area contributed by atoms with Crippen LogP contribution in [0.15, 0.2) is 17.2 Å². The van der Waals surface area contributed by atoms with Crippen LogP contribution in [0.25, 0.3) is 0 Å². The lowest BCUT2D eigenvalue weighted by Crippen LogP contribution is -2.62. The lowest BCUT2D eigenvalue weighted by Gasteiger charge is -2.30. The first kappa shape index (κ1) is 20.0. The van der Waals surface area contributed by atoms with Crippen LogP contribution >= 0.6 is 23.2 Å². The summed E-state index contributed by atoms with van der Waals surface area (Å²) in [6.45, 7) is 1.45. The molecule has 1 aliphatic heterocycles. The lowest BCUT2D eigenvalue weighted by molar-refractivity contribution is -0.571. The zero-order chi connectivity index (χ0) is 19.7. The number of nitro groups is 1. The van der Waals surface area contributed by atoms with Gasteiger partial charge in [0.1, 0.15) is 0 Å². The molecule has 1 atom stereocenters. The molecule has 1 unspecified atom stereocenters. The molecule has 1 N–H and O–H groups in total. The van der Waals surface area contributed by atoms with Gasteiger partial charge in [-0.2, -0.15) is 23.3 Å². The van der Waals surface area contributed by atoms with E-state index in [1.807, 2.05) is 5.32 Å². The van der Waals surface area contributed by atoms with Crippen molar-refractivity contribution in [3.05, 3.63) is 37.9 Å². The van der Waals surface area contributed by atoms with Gasteiger partial charge in [0.25, 0.3) is 0 Å². The van der Waals surface area contributed by atoms with Crippen LogP contribution in [0.5, 0.6) is 0 Å². The Bertz CT molecular complexity index is 774. The molecule has 0 aromatic heterocycles. The van der Waals surface area contributed by atoms with E-state index in [-0.39, 0.29) is 18.7 Å². The first-order chi connectivity index (χ1) is 12.0. The average Bonchev–Trinajstić information content (AvgIpc) is 2.93. The summed E-state index contributed by atoms with van der Waals surface area (Å²) in [6.07, 6.45) is -5.14. The number of rotatable bonds is 4. The highest BCUT2D eigenvalue weighted by molar-refractivity contribution is 6.44. The fourth-order valence-electron chi connectivity index (χ4n) is 2.25. The molecule has 26 heavy (non-hydrogen) atoms. The van der Waals surface area contributed by atoms with Crippen molar-refractivity contribution in [3.8, 4) is 0 Å². The summed E-state index contributed by atoms with van der Waals surface area (Å²) in [7, 11) is 0. The third-order valence-electron chi connectivity index (χ3n) is 3.40. The van der Waals surface area contributed by atoms with Gasteiger partial charge in [0.05, 0.1) is 39.2 Å². The normalized spacial score (nSPS) is 19.5. The van der Waals surface area contributed by atoms with Gasteiger partial charge in [0, 0.05) is 6.21 Å². The van der Waals surface area contributed by atoms with Crippen LogP contribution in [-0.4, -0.2) is 29.6 Å². The number of carbonyl (C=O) groups excluding carboxylic acids is 1. The van der Waals surface area contributed by atoms with Gasteiger partial charge in [-0.25, -0.2) is 10.1 Å². The van der Waals surface area contributed by atoms with Gasteiger partial charge >= 0.3 is 18.1 Å². The number of nitrogens with zero attached hydrogens (tertiary/aromatic N) is 3. The number of benzene rings is 1. The quantitative estimate of drug-likeness (QED) is 0.457. The number of halogens is 5. The molecule has 1 aromatic rings. The number of nitrogens with one attached hydrogen (secondary N) is 1. The van der Waals surface area contributed by atoms with Crippen molar-refractivity contribution in [1.29, 1.82) is 0 Å². The Morgan fingerprint density at radius 2 is 2.12 bits per heavy atom. The predicted octanol–water partition coefficient (Wildman–Crippen LogP) is 3.88. The Labute approximate surface area is 154 Å². The van der Waals surface area contributed by atoms with Crippen molar-refractivity contribution in [1.82, 2.24) is 5.32 Å². The van der Waals surface area contributed by atoms with Gasteiger partial charge in [0.2, 0.25) is 0 Å². The van der Waals surface area contributed by atoms with Crippen LogP contribution in [0, 0.1) is 10.1 Å². The summed E-state index contributed by atoms with van der Waals surface area (Å²) < 4.78 is 43.4. The van der Waals surface area contributed by atoms with E-state index in [2.05, 4.69) is 9.84 Å². The van der Waals surface area contributed by atoms with Crippen LogP contribution in [0.1, 0.15) is 18.9 Å². The van der Waals surface area contributed by atoms with E-state index < -0.39 is 38.6 Å². The summed E-state index contributed by atoms with van der Waals surface area (Å²) in [5, 5.41) is 16.7. The molecule has 142 valence electrons. The third kappa shape index (κ3) is 3.49. The number of anilines is 1. The van der Waals surface area contributed by atoms with Gasteiger partial charge in [0.15, 0.2) is 0 Å². The van der Waals surface area contributed by atoms with Crippen molar-refractivity contribution in [2.45, 2.75) is 25.3 Å². The Morgan fingerprint density at radius 3 is 2.65 bits per heavy atom. The summed E-state index contributed by atoms with van der Waals surface area (Å²) in [5.41, 5.74) is -1.49. The van der Waals surface area contributed by atoms with E-state index in [1.54, 1.807) is 0 Å². The molecule has 0 saturated carbocycles. The van der Waals surface area contributed by atoms with Crippen molar-refractivity contribution in [2.75, 3.05) is 11.6 Å². The van der Waals surface area contributed by atoms with Crippen LogP contribution in [0.2, 0.25) is 10.0 Å². The van der Waals surface area contributed by atoms with Crippen LogP contribution in [0.4, 0.5) is 23.7 Å². The second kappa shape index (κ2) is 7.16. The third-order valence-corrected chi connectivity index (χ3v) is 4.27. The summed E-state index contributed by atoms with van der Waals surface area (Å²) in [5.74, 6) is -2.32. The second-order valence-electron chi connectivity index (χ2n) is 4.99. The van der Waals surface area contributed by atoms with Gasteiger partial charge in [-0.05, 0) is 19.1 Å². The fourth-order valence-corrected chi connectivity index (χ4v) is 2.76. The molecule has 0 aliphatic carbocycles. The maximum Gasteiger partial charge on any atom is 0.417 e. The first-order valence-corrected chi connectivity index (χ1v) is 7.77. The van der Waals surface area contributed by atoms with Gasteiger partial charge in [-0.3, -0.25) is 10.1 Å². The lowest BCUT2D eigenvalue weighted by atomic mass is 10.1. The Morgan fingerprint density at radius 1 is 1.46 bits per heavy atom. The molecule has 0 bridgehead atoms. The molecule has 13 heteroatoms. The zero-order valence-corrected chi connectivity index (χ0v) is 14.5. The number of hydrogen-bond acceptors (Lipinski definition) is 6. The van der Waals surface area contributed by atoms with E-state index >= 15 is 0 Å². The van der Waals surface area contributed by atoms with Crippen LogP contribution < -0.4 is 10.3 Å². The maximum atomic E-state index is 12.9. The number of alkyl carbamates (subject to hydrolysis) is 1. The molecule has 0 saturated heterocycles. The van der Waals surface area contributed by atoms with Gasteiger partial charge in [-0.15, -0.1) is 0 Å². The minimum Gasteiger partial charge on any atom is -0.450 e. The van der Waals surface area contributed by atoms with E-state index in [9.17, 15) is 28.1 Å². The highest BCUT2D eigenvalue weighted by atomic mass is 35.5. The Kier molecular flexibility index (Phi) is 5.52. The van der Waals surface area contributed by atoms with E-state index in [1.165, 1.54) is 6.92 Å². The molecule has 1 aromatic carbocycles. The first-order valence-electron chi connectivity index (χ1n) is 7.02. The minimum atomic E-state index is -4.77. The number of ether oxygens (including phenoxy) is 1. The smallest absolute Gasteiger partial charge is 0.417 e. The molecule has 1 aliphatic rings. The van der Waals surface area contributed by atoms with Gasteiger partial charge < -0.3 is 4.74 Å². The largest absolute Gasteiger partial charge is 0.450 e. The fraction of sp³-hybridized carbons (Fsp3) is 0.385. The molecular formula is C13H11Cl2F3N4O4. The Hall–Kier alpha value is -2.27. The minimum absolute atomic E-state index is 0.0483. The Balaban J connectivity index is 2.51. The van der Waals surface area contributed by atoms with Crippen molar-refractivity contribution in [3.63, 3.8) is 0 Å². The maximum absolute atomic E-state index is 12.9. The molecule has 0 spiro atoms. The number of amides is 1. The highest BCUT2D eigenvalue weighted by Gasteiger charge is 2.55. The monoisotopic (exact) mass is 414 g/mol. The molecular weight excluding hydrogens is 404 g/mol. The molecule has 2 rings (SSSR count). The molecule has 1 amide bonds. The molecule has 0 fully saturated rings. The number of alkyl halides is 3. The topological polar surface area (TPSA) is 97.1 Å². The van der Waals surface area contributed by atoms with Crippen LogP contribution in [-0.2, 0) is 10.9 Å². The summed E-state index contributed by atoms with van der Waals surface area (Å²) in [6, 6.07) is 1.50. The zero-order valence-electron chi connectivity index (χ0n) is 13.0. The van der Waals surface area contributed by atoms with E-state index in [0.717, 1.165) is 12.3 Å². The van der Waals surface area contributed by atoms with Crippen molar-refractivity contribution in [2.24, 2.45) is 5.10 Å². The summed E-state index contributed by atoms with van der Waals surface area (Å²) >= 11 is 11.6. The summed E-state index contributed by atoms with van der Waals surface area (Å²) in [4.78, 5) is 22.5. The SMILES string of the molecule is CCOC(=O)NC1([N+](=O)[O-])CC=NN1c1ccc(C(F)(F)F)c(Cl)c1Cl. The van der Waals surface area contributed by atoms with Crippen LogP contribution in [0.3, 0.4) is 0 Å². The molecule has 0 radical (unpaired) electrons. The highest BCUT2D eigenvalue weighted by Crippen LogP contribution is 2.44. The van der Waals surface area contributed by atoms with Gasteiger partial charge in [-0.1, -0.05) is 23.2 Å². The predicted molar refractivity (Wildman–Crippen MR) is 86.9 cm³/mol. The standard InChI is InChI=1S/C13H11Cl2F3N4O4/c1-2-26-11(23)20-12(22(24)25)5-6-19-21(12)8-4-3-7(13(16,17)18)9(14)10(8)15/h3-4,6H,2,5H2,1H3,(H,20,23). The molecule has 1 heterocycles. The molecule has 8 nitrogen and oxygen atoms in total. The second-order valence-corrected chi connectivity index (χ2v) is 5.75. The van der Waals surface area contributed by atoms with Crippen molar-refractivity contribution < 1.29 is 27.6 Å². The number of carbonyl (C=O) groups is 1. The number of hydrazone groups is 1.